The van der Waals surface area contributed by atoms with E-state index in [4.69, 9.17) is 5.73 Å². The van der Waals surface area contributed by atoms with Crippen molar-refractivity contribution < 1.29 is 4.79 Å². The number of carbonyl (C=O) groups is 1. The average Bonchev–Trinajstić information content (AvgIpc) is 2.38. The third-order valence-electron chi connectivity index (χ3n) is 3.14. The van der Waals surface area contributed by atoms with E-state index < -0.39 is 0 Å². The van der Waals surface area contributed by atoms with E-state index in [0.29, 0.717) is 5.82 Å². The predicted molar refractivity (Wildman–Crippen MR) is 70.3 cm³/mol. The van der Waals surface area contributed by atoms with Gasteiger partial charge in [0.15, 0.2) is 0 Å². The lowest BCUT2D eigenvalue weighted by Crippen LogP contribution is -2.48. The normalized spacial score (nSPS) is 15.9. The second kappa shape index (κ2) is 5.20. The number of nitrogens with two attached hydrogens (primary N) is 1. The van der Waals surface area contributed by atoms with E-state index in [0.717, 1.165) is 44.2 Å². The Morgan fingerprint density at radius 3 is 2.56 bits per heavy atom. The first-order valence-electron chi connectivity index (χ1n) is 6.24. The molecule has 6 nitrogen and oxygen atoms in total. The van der Waals surface area contributed by atoms with Crippen LogP contribution in [0.5, 0.6) is 0 Å². The first-order chi connectivity index (χ1) is 8.60. The lowest BCUT2D eigenvalue weighted by atomic mass is 10.3. The fourth-order valence-electron chi connectivity index (χ4n) is 2.07. The average molecular weight is 249 g/mol. The number of piperazine rings is 1. The lowest BCUT2D eigenvalue weighted by molar-refractivity contribution is -0.129. The monoisotopic (exact) mass is 249 g/mol. The summed E-state index contributed by atoms with van der Waals surface area (Å²) in [5.74, 6) is 2.26. The maximum absolute atomic E-state index is 11.3. The molecular weight excluding hydrogens is 230 g/mol. The maximum atomic E-state index is 11.3. The van der Waals surface area contributed by atoms with Gasteiger partial charge in [-0.25, -0.2) is 9.97 Å². The highest BCUT2D eigenvalue weighted by Crippen LogP contribution is 2.16. The number of amides is 1. The van der Waals surface area contributed by atoms with Crippen molar-refractivity contribution in [3.05, 3.63) is 11.9 Å². The van der Waals surface area contributed by atoms with E-state index in [2.05, 4.69) is 14.9 Å². The Bertz CT molecular complexity index is 440. The molecule has 6 heteroatoms. The molecule has 1 saturated heterocycles. The van der Waals surface area contributed by atoms with Crippen molar-refractivity contribution in [2.24, 2.45) is 0 Å². The molecule has 1 amide bonds. The Morgan fingerprint density at radius 2 is 2.00 bits per heavy atom. The van der Waals surface area contributed by atoms with E-state index in [1.54, 1.807) is 13.0 Å². The van der Waals surface area contributed by atoms with E-state index in [1.165, 1.54) is 0 Å². The third kappa shape index (κ3) is 2.69. The lowest BCUT2D eigenvalue weighted by Gasteiger charge is -2.35. The van der Waals surface area contributed by atoms with Crippen LogP contribution < -0.4 is 10.6 Å². The van der Waals surface area contributed by atoms with Crippen LogP contribution in [0.15, 0.2) is 6.07 Å². The maximum Gasteiger partial charge on any atom is 0.219 e. The summed E-state index contributed by atoms with van der Waals surface area (Å²) in [6.45, 7) is 6.67. The molecule has 2 heterocycles. The molecule has 98 valence electrons. The predicted octanol–water partition coefficient (Wildman–Crippen LogP) is 0.290. The van der Waals surface area contributed by atoms with Crippen molar-refractivity contribution in [2.75, 3.05) is 36.8 Å². The van der Waals surface area contributed by atoms with E-state index >= 15 is 0 Å². The second-order valence-corrected chi connectivity index (χ2v) is 4.41. The molecule has 1 aromatic heterocycles. The van der Waals surface area contributed by atoms with Crippen LogP contribution in [0.25, 0.3) is 0 Å². The minimum atomic E-state index is 0.131. The molecule has 0 unspecified atom stereocenters. The van der Waals surface area contributed by atoms with Gasteiger partial charge in [-0.15, -0.1) is 0 Å². The van der Waals surface area contributed by atoms with Crippen LogP contribution >= 0.6 is 0 Å². The van der Waals surface area contributed by atoms with Gasteiger partial charge in [-0.05, 0) is 0 Å². The molecule has 0 aliphatic carbocycles. The minimum absolute atomic E-state index is 0.131. The summed E-state index contributed by atoms with van der Waals surface area (Å²) < 4.78 is 0. The summed E-state index contributed by atoms with van der Waals surface area (Å²) in [4.78, 5) is 23.9. The Hall–Kier alpha value is -1.85. The van der Waals surface area contributed by atoms with Crippen LogP contribution in [0, 0.1) is 0 Å². The molecule has 1 aliphatic heterocycles. The Labute approximate surface area is 107 Å². The summed E-state index contributed by atoms with van der Waals surface area (Å²) in [6.07, 6.45) is 0.769. The molecule has 0 spiro atoms. The summed E-state index contributed by atoms with van der Waals surface area (Å²) in [5, 5.41) is 0. The molecule has 18 heavy (non-hydrogen) atoms. The van der Waals surface area contributed by atoms with Crippen LogP contribution in [0.4, 0.5) is 11.6 Å². The molecule has 0 saturated carbocycles. The molecule has 2 N–H and O–H groups in total. The number of carbonyl (C=O) groups excluding carboxylic acids is 1. The molecule has 0 atom stereocenters. The van der Waals surface area contributed by atoms with Gasteiger partial charge < -0.3 is 15.5 Å². The molecular formula is C12H19N5O. The summed E-state index contributed by atoms with van der Waals surface area (Å²) in [5.41, 5.74) is 5.77. The fraction of sp³-hybridized carbons (Fsp3) is 0.583. The number of aromatic nitrogens is 2. The third-order valence-corrected chi connectivity index (χ3v) is 3.14. The van der Waals surface area contributed by atoms with Crippen molar-refractivity contribution in [1.29, 1.82) is 0 Å². The highest BCUT2D eigenvalue weighted by Gasteiger charge is 2.20. The number of nitrogen functional groups attached to an aromatic ring is 1. The van der Waals surface area contributed by atoms with Gasteiger partial charge in [-0.2, -0.15) is 0 Å². The Balaban J connectivity index is 2.09. The Kier molecular flexibility index (Phi) is 3.64. The van der Waals surface area contributed by atoms with Gasteiger partial charge in [-0.1, -0.05) is 6.92 Å². The topological polar surface area (TPSA) is 75.3 Å². The number of anilines is 2. The van der Waals surface area contributed by atoms with E-state index in [9.17, 15) is 4.79 Å². The van der Waals surface area contributed by atoms with Crippen LogP contribution in [-0.2, 0) is 11.2 Å². The summed E-state index contributed by atoms with van der Waals surface area (Å²) in [6, 6.07) is 1.79. The molecule has 0 bridgehead atoms. The summed E-state index contributed by atoms with van der Waals surface area (Å²) >= 11 is 0. The van der Waals surface area contributed by atoms with Crippen LogP contribution in [0.3, 0.4) is 0 Å². The largest absolute Gasteiger partial charge is 0.384 e. The second-order valence-electron chi connectivity index (χ2n) is 4.41. The highest BCUT2D eigenvalue weighted by molar-refractivity contribution is 5.73. The Morgan fingerprint density at radius 1 is 1.33 bits per heavy atom. The SMILES string of the molecule is CCc1nc(N)cc(N2CCN(C(C)=O)CC2)n1. The smallest absolute Gasteiger partial charge is 0.219 e. The zero-order chi connectivity index (χ0) is 13.1. The number of nitrogens with zero attached hydrogens (tertiary/aromatic N) is 4. The number of aryl methyl sites for hydroxylation is 1. The number of hydrogen-bond acceptors (Lipinski definition) is 5. The first kappa shape index (κ1) is 12.6. The molecule has 2 rings (SSSR count). The van der Waals surface area contributed by atoms with Crippen LogP contribution in [0.2, 0.25) is 0 Å². The van der Waals surface area contributed by atoms with Gasteiger partial charge >= 0.3 is 0 Å². The van der Waals surface area contributed by atoms with Crippen molar-refractivity contribution in [3.8, 4) is 0 Å². The van der Waals surface area contributed by atoms with Gasteiger partial charge in [0.25, 0.3) is 0 Å². The molecule has 1 aliphatic rings. The molecule has 0 radical (unpaired) electrons. The van der Waals surface area contributed by atoms with Crippen LogP contribution in [0.1, 0.15) is 19.7 Å². The van der Waals surface area contributed by atoms with Crippen molar-refractivity contribution in [3.63, 3.8) is 0 Å². The zero-order valence-electron chi connectivity index (χ0n) is 10.9. The van der Waals surface area contributed by atoms with Crippen LogP contribution in [-0.4, -0.2) is 47.0 Å². The van der Waals surface area contributed by atoms with Crippen molar-refractivity contribution in [2.45, 2.75) is 20.3 Å². The van der Waals surface area contributed by atoms with E-state index in [1.807, 2.05) is 11.8 Å². The molecule has 0 aromatic carbocycles. The first-order valence-corrected chi connectivity index (χ1v) is 6.24. The quantitative estimate of drug-likeness (QED) is 0.815. The van der Waals surface area contributed by atoms with Gasteiger partial charge in [0.05, 0.1) is 0 Å². The standard InChI is InChI=1S/C12H19N5O/c1-3-11-14-10(13)8-12(15-11)17-6-4-16(5-7-17)9(2)18/h8H,3-7H2,1-2H3,(H2,13,14,15). The zero-order valence-corrected chi connectivity index (χ0v) is 10.9. The summed E-state index contributed by atoms with van der Waals surface area (Å²) in [7, 11) is 0. The number of hydrogen-bond donors (Lipinski definition) is 1. The van der Waals surface area contributed by atoms with Crippen molar-refractivity contribution in [1.82, 2.24) is 14.9 Å². The highest BCUT2D eigenvalue weighted by atomic mass is 16.2. The molecule has 1 fully saturated rings. The van der Waals surface area contributed by atoms with Gasteiger partial charge in [-0.3, -0.25) is 4.79 Å². The van der Waals surface area contributed by atoms with Gasteiger partial charge in [0.1, 0.15) is 17.5 Å². The van der Waals surface area contributed by atoms with Crippen molar-refractivity contribution >= 4 is 17.5 Å². The van der Waals surface area contributed by atoms with Gasteiger partial charge in [0.2, 0.25) is 5.91 Å². The molecule has 1 aromatic rings. The van der Waals surface area contributed by atoms with Gasteiger partial charge in [0, 0.05) is 45.6 Å². The minimum Gasteiger partial charge on any atom is -0.384 e. The number of rotatable bonds is 2. The fourth-order valence-corrected chi connectivity index (χ4v) is 2.07. The van der Waals surface area contributed by atoms with E-state index in [-0.39, 0.29) is 5.91 Å².